The summed E-state index contributed by atoms with van der Waals surface area (Å²) >= 11 is 0. The van der Waals surface area contributed by atoms with Crippen LogP contribution in [0, 0.1) is 11.8 Å². The van der Waals surface area contributed by atoms with Gasteiger partial charge in [0.2, 0.25) is 0 Å². The van der Waals surface area contributed by atoms with Crippen molar-refractivity contribution in [3.8, 4) is 0 Å². The first kappa shape index (κ1) is 7.60. The maximum atomic E-state index is 5.40. The number of rotatable bonds is 1. The van der Waals surface area contributed by atoms with Crippen molar-refractivity contribution in [1.29, 1.82) is 0 Å². The summed E-state index contributed by atoms with van der Waals surface area (Å²) in [7, 11) is 1.86. The summed E-state index contributed by atoms with van der Waals surface area (Å²) in [4.78, 5) is 0. The van der Waals surface area contributed by atoms with Gasteiger partial charge >= 0.3 is 0 Å². The predicted molar refractivity (Wildman–Crippen MR) is 45.5 cm³/mol. The van der Waals surface area contributed by atoms with Gasteiger partial charge < -0.3 is 4.74 Å². The molecule has 0 heterocycles. The van der Waals surface area contributed by atoms with Gasteiger partial charge in [0.15, 0.2) is 0 Å². The molecule has 2 aliphatic carbocycles. The van der Waals surface area contributed by atoms with Gasteiger partial charge in [0.1, 0.15) is 0 Å². The Labute approximate surface area is 69.1 Å². The summed E-state index contributed by atoms with van der Waals surface area (Å²) in [6.07, 6.45) is 9.19. The molecule has 0 saturated heterocycles. The second-order valence-corrected chi connectivity index (χ2v) is 4.13. The zero-order valence-electron chi connectivity index (χ0n) is 7.38. The van der Waals surface area contributed by atoms with Crippen LogP contribution in [-0.2, 0) is 4.74 Å². The number of methoxy groups -OCH3 is 1. The van der Waals surface area contributed by atoms with Crippen LogP contribution < -0.4 is 0 Å². The van der Waals surface area contributed by atoms with E-state index in [4.69, 9.17) is 4.74 Å². The van der Waals surface area contributed by atoms with Gasteiger partial charge in [-0.05, 0) is 24.7 Å². The fourth-order valence-corrected chi connectivity index (χ4v) is 2.87. The molecule has 0 aromatic carbocycles. The molecule has 0 N–H and O–H groups in total. The van der Waals surface area contributed by atoms with Crippen molar-refractivity contribution >= 4 is 0 Å². The molecular formula is C10H18O. The number of fused-ring (bicyclic) bond motifs is 1. The van der Waals surface area contributed by atoms with Gasteiger partial charge in [-0.3, -0.25) is 0 Å². The topological polar surface area (TPSA) is 9.23 Å². The minimum atomic E-state index is 0.600. The third-order valence-electron chi connectivity index (χ3n) is 3.53. The fourth-order valence-electron chi connectivity index (χ4n) is 2.87. The first-order chi connectivity index (χ1) is 5.40. The lowest BCUT2D eigenvalue weighted by Crippen LogP contribution is -2.12. The Morgan fingerprint density at radius 3 is 2.00 bits per heavy atom. The van der Waals surface area contributed by atoms with Crippen LogP contribution >= 0.6 is 0 Å². The molecule has 0 unspecified atom stereocenters. The molecule has 2 fully saturated rings. The number of ether oxygens (including phenoxy) is 1. The molecule has 3 atom stereocenters. The normalized spacial score (nSPS) is 43.9. The fraction of sp³-hybridized carbons (Fsp3) is 1.00. The maximum Gasteiger partial charge on any atom is 0.0576 e. The molecule has 1 nitrogen and oxygen atoms in total. The number of hydrogen-bond donors (Lipinski definition) is 0. The minimum Gasteiger partial charge on any atom is -0.381 e. The Hall–Kier alpha value is -0.0400. The summed E-state index contributed by atoms with van der Waals surface area (Å²) in [6.45, 7) is 0. The van der Waals surface area contributed by atoms with E-state index in [9.17, 15) is 0 Å². The lowest BCUT2D eigenvalue weighted by molar-refractivity contribution is 0.103. The van der Waals surface area contributed by atoms with Gasteiger partial charge in [-0.2, -0.15) is 0 Å². The SMILES string of the molecule is CO[C@H]1C[C@H]2CCCC[C@H]2C1. The van der Waals surface area contributed by atoms with E-state index in [-0.39, 0.29) is 0 Å². The highest BCUT2D eigenvalue weighted by molar-refractivity contribution is 4.86. The highest BCUT2D eigenvalue weighted by atomic mass is 16.5. The van der Waals surface area contributed by atoms with E-state index in [1.165, 1.54) is 38.5 Å². The second kappa shape index (κ2) is 3.14. The molecule has 0 aromatic rings. The van der Waals surface area contributed by atoms with E-state index in [2.05, 4.69) is 0 Å². The molecule has 11 heavy (non-hydrogen) atoms. The van der Waals surface area contributed by atoms with Gasteiger partial charge in [0.05, 0.1) is 6.10 Å². The van der Waals surface area contributed by atoms with Gasteiger partial charge in [-0.15, -0.1) is 0 Å². The van der Waals surface area contributed by atoms with Gasteiger partial charge in [-0.1, -0.05) is 25.7 Å². The molecule has 0 aliphatic heterocycles. The Bertz CT molecular complexity index is 119. The summed E-state index contributed by atoms with van der Waals surface area (Å²) < 4.78 is 5.40. The molecule has 2 rings (SSSR count). The van der Waals surface area contributed by atoms with Crippen molar-refractivity contribution in [2.75, 3.05) is 7.11 Å². The Morgan fingerprint density at radius 2 is 1.55 bits per heavy atom. The van der Waals surface area contributed by atoms with E-state index >= 15 is 0 Å². The van der Waals surface area contributed by atoms with Gasteiger partial charge in [0.25, 0.3) is 0 Å². The molecule has 0 radical (unpaired) electrons. The highest BCUT2D eigenvalue weighted by Gasteiger charge is 2.35. The van der Waals surface area contributed by atoms with Crippen molar-refractivity contribution in [3.63, 3.8) is 0 Å². The standard InChI is InChI=1S/C10H18O/c1-11-10-6-8-4-2-3-5-9(8)7-10/h8-10H,2-7H2,1H3/t8-,9+,10+. The minimum absolute atomic E-state index is 0.600. The zero-order valence-corrected chi connectivity index (χ0v) is 7.38. The average Bonchev–Trinajstić information content (AvgIpc) is 2.46. The smallest absolute Gasteiger partial charge is 0.0576 e. The van der Waals surface area contributed by atoms with Crippen molar-refractivity contribution in [1.82, 2.24) is 0 Å². The van der Waals surface area contributed by atoms with Crippen LogP contribution in [0.4, 0.5) is 0 Å². The molecule has 0 bridgehead atoms. The predicted octanol–water partition coefficient (Wildman–Crippen LogP) is 2.60. The van der Waals surface area contributed by atoms with E-state index in [0.717, 1.165) is 11.8 Å². The maximum absolute atomic E-state index is 5.40. The first-order valence-corrected chi connectivity index (χ1v) is 4.93. The third kappa shape index (κ3) is 1.44. The van der Waals surface area contributed by atoms with Crippen LogP contribution in [0.5, 0.6) is 0 Å². The van der Waals surface area contributed by atoms with Gasteiger partial charge in [-0.25, -0.2) is 0 Å². The monoisotopic (exact) mass is 154 g/mol. The Balaban J connectivity index is 1.92. The van der Waals surface area contributed by atoms with E-state index < -0.39 is 0 Å². The lowest BCUT2D eigenvalue weighted by Gasteiger charge is -2.23. The van der Waals surface area contributed by atoms with E-state index in [0.29, 0.717) is 6.10 Å². The van der Waals surface area contributed by atoms with Crippen LogP contribution in [0.1, 0.15) is 38.5 Å². The molecule has 0 amide bonds. The van der Waals surface area contributed by atoms with Crippen LogP contribution in [0.2, 0.25) is 0 Å². The lowest BCUT2D eigenvalue weighted by atomic mass is 9.82. The molecule has 2 saturated carbocycles. The second-order valence-electron chi connectivity index (χ2n) is 4.13. The summed E-state index contributed by atoms with van der Waals surface area (Å²) in [5.41, 5.74) is 0. The third-order valence-corrected chi connectivity index (χ3v) is 3.53. The first-order valence-electron chi connectivity index (χ1n) is 4.93. The molecule has 64 valence electrons. The zero-order chi connectivity index (χ0) is 7.68. The van der Waals surface area contributed by atoms with Crippen molar-refractivity contribution in [2.24, 2.45) is 11.8 Å². The van der Waals surface area contributed by atoms with Crippen LogP contribution in [0.25, 0.3) is 0 Å². The molecule has 0 spiro atoms. The summed E-state index contributed by atoms with van der Waals surface area (Å²) in [6, 6.07) is 0. The molecule has 1 heteroatoms. The number of hydrogen-bond acceptors (Lipinski definition) is 1. The van der Waals surface area contributed by atoms with Crippen molar-refractivity contribution in [2.45, 2.75) is 44.6 Å². The van der Waals surface area contributed by atoms with Crippen molar-refractivity contribution in [3.05, 3.63) is 0 Å². The molecule has 0 aromatic heterocycles. The molecule has 2 aliphatic rings. The molecular weight excluding hydrogens is 136 g/mol. The van der Waals surface area contributed by atoms with Crippen LogP contribution in [0.3, 0.4) is 0 Å². The summed E-state index contributed by atoms with van der Waals surface area (Å²) in [5.74, 6) is 2.04. The average molecular weight is 154 g/mol. The van der Waals surface area contributed by atoms with E-state index in [1.807, 2.05) is 7.11 Å². The van der Waals surface area contributed by atoms with Gasteiger partial charge in [0, 0.05) is 7.11 Å². The highest BCUT2D eigenvalue weighted by Crippen LogP contribution is 2.42. The van der Waals surface area contributed by atoms with Crippen LogP contribution in [0.15, 0.2) is 0 Å². The largest absolute Gasteiger partial charge is 0.381 e. The Morgan fingerprint density at radius 1 is 1.00 bits per heavy atom. The van der Waals surface area contributed by atoms with Crippen molar-refractivity contribution < 1.29 is 4.74 Å². The van der Waals surface area contributed by atoms with Crippen LogP contribution in [-0.4, -0.2) is 13.2 Å². The Kier molecular flexibility index (Phi) is 2.17. The summed E-state index contributed by atoms with van der Waals surface area (Å²) in [5, 5.41) is 0. The van der Waals surface area contributed by atoms with E-state index in [1.54, 1.807) is 0 Å². The quantitative estimate of drug-likeness (QED) is 0.564.